The highest BCUT2D eigenvalue weighted by molar-refractivity contribution is 6.46. The van der Waals surface area contributed by atoms with Crippen LogP contribution in [-0.4, -0.2) is 55.3 Å². The van der Waals surface area contributed by atoms with Crippen LogP contribution in [0.5, 0.6) is 0 Å². The summed E-state index contributed by atoms with van der Waals surface area (Å²) >= 11 is 0. The number of hydrogen-bond acceptors (Lipinski definition) is 8. The molecule has 0 fully saturated rings. The van der Waals surface area contributed by atoms with E-state index >= 15 is 0 Å². The third-order valence-corrected chi connectivity index (χ3v) is 4.42. The van der Waals surface area contributed by atoms with E-state index in [0.717, 1.165) is 5.56 Å². The number of carbonyl (C=O) groups is 1. The molecule has 0 spiro atoms. The summed E-state index contributed by atoms with van der Waals surface area (Å²) in [7, 11) is 4.95. The van der Waals surface area contributed by atoms with Crippen molar-refractivity contribution in [3.8, 4) is 0 Å². The molecule has 0 aliphatic carbocycles. The Morgan fingerprint density at radius 1 is 1.19 bits per heavy atom. The zero-order valence-corrected chi connectivity index (χ0v) is 19.1. The van der Waals surface area contributed by atoms with E-state index < -0.39 is 5.41 Å². The number of ether oxygens (including phenoxy) is 1. The molecule has 4 N–H and O–H groups in total. The number of methoxy groups -OCH3 is 1. The number of carbonyl (C=O) groups excluding carboxylic acids is 1. The van der Waals surface area contributed by atoms with E-state index in [1.165, 1.54) is 5.01 Å². The smallest absolute Gasteiger partial charge is 0.233 e. The first-order valence-corrected chi connectivity index (χ1v) is 10.0. The maximum Gasteiger partial charge on any atom is 0.233 e. The van der Waals surface area contributed by atoms with Gasteiger partial charge in [0.2, 0.25) is 5.91 Å². The number of pyridine rings is 1. The lowest BCUT2D eigenvalue weighted by Crippen LogP contribution is -2.48. The predicted molar refractivity (Wildman–Crippen MR) is 124 cm³/mol. The van der Waals surface area contributed by atoms with Crippen molar-refractivity contribution in [2.24, 2.45) is 10.6 Å². The summed E-state index contributed by atoms with van der Waals surface area (Å²) in [6.45, 7) is 3.96. The van der Waals surface area contributed by atoms with Gasteiger partial charge in [0.1, 0.15) is 5.82 Å². The van der Waals surface area contributed by atoms with Crippen molar-refractivity contribution in [1.29, 1.82) is 5.41 Å². The molecule has 1 heterocycles. The molecule has 2 aromatic rings. The number of nitrogens with one attached hydrogen (secondary N) is 4. The van der Waals surface area contributed by atoms with Gasteiger partial charge in [-0.05, 0) is 26.0 Å². The molecule has 0 aliphatic heterocycles. The number of likely N-dealkylation sites (N-methyl/N-ethyl adjacent to an activating group) is 1. The first-order valence-electron chi connectivity index (χ1n) is 10.0. The van der Waals surface area contributed by atoms with E-state index in [0.29, 0.717) is 23.8 Å². The van der Waals surface area contributed by atoms with Crippen LogP contribution in [0.4, 0.5) is 5.82 Å². The number of anilines is 1. The first-order chi connectivity index (χ1) is 15.3. The Labute approximate surface area is 188 Å². The van der Waals surface area contributed by atoms with E-state index in [1.54, 1.807) is 53.3 Å². The molecular formula is C22H31N7O3. The molecule has 32 heavy (non-hydrogen) atoms. The number of amidine groups is 1. The Hall–Kier alpha value is -3.34. The molecule has 0 saturated heterocycles. The summed E-state index contributed by atoms with van der Waals surface area (Å²) < 4.78 is 5.11. The summed E-state index contributed by atoms with van der Waals surface area (Å²) in [6, 6.07) is 14.6. The van der Waals surface area contributed by atoms with Gasteiger partial charge in [0.05, 0.1) is 17.7 Å². The number of aromatic nitrogens is 1. The van der Waals surface area contributed by atoms with Crippen LogP contribution in [0.3, 0.4) is 0 Å². The highest BCUT2D eigenvalue weighted by atomic mass is 16.6. The monoisotopic (exact) mass is 441 g/mol. The predicted octanol–water partition coefficient (Wildman–Crippen LogP) is 2.16. The Morgan fingerprint density at radius 2 is 1.91 bits per heavy atom. The molecule has 0 atom stereocenters. The van der Waals surface area contributed by atoms with E-state index in [1.807, 2.05) is 30.3 Å². The van der Waals surface area contributed by atoms with Gasteiger partial charge in [0, 0.05) is 26.8 Å². The molecule has 172 valence electrons. The van der Waals surface area contributed by atoms with Crippen molar-refractivity contribution in [2.45, 2.75) is 20.5 Å². The largest absolute Gasteiger partial charge is 0.389 e. The number of hydrazine groups is 2. The zero-order valence-electron chi connectivity index (χ0n) is 19.1. The Bertz CT molecular complexity index is 932. The average molecular weight is 442 g/mol. The maximum atomic E-state index is 12.5. The van der Waals surface area contributed by atoms with Gasteiger partial charge >= 0.3 is 0 Å². The second-order valence-corrected chi connectivity index (χ2v) is 7.63. The summed E-state index contributed by atoms with van der Waals surface area (Å²) in [5, 5.41) is 16.9. The van der Waals surface area contributed by atoms with Crippen LogP contribution in [0.15, 0.2) is 53.7 Å². The van der Waals surface area contributed by atoms with Crippen LogP contribution in [0.2, 0.25) is 0 Å². The minimum Gasteiger partial charge on any atom is -0.389 e. The molecule has 10 heteroatoms. The van der Waals surface area contributed by atoms with Crippen molar-refractivity contribution in [3.05, 3.63) is 59.8 Å². The van der Waals surface area contributed by atoms with Gasteiger partial charge in [-0.3, -0.25) is 15.2 Å². The molecule has 0 unspecified atom stereocenters. The van der Waals surface area contributed by atoms with Crippen LogP contribution >= 0.6 is 0 Å². The van der Waals surface area contributed by atoms with Gasteiger partial charge < -0.3 is 14.9 Å². The molecule has 0 aliphatic rings. The van der Waals surface area contributed by atoms with E-state index in [-0.39, 0.29) is 18.3 Å². The number of benzene rings is 1. The third-order valence-electron chi connectivity index (χ3n) is 4.42. The van der Waals surface area contributed by atoms with Crippen LogP contribution < -0.4 is 16.3 Å². The number of nitrogens with zero attached hydrogens (tertiary/aromatic N) is 3. The normalized spacial score (nSPS) is 11.7. The zero-order chi connectivity index (χ0) is 23.6. The van der Waals surface area contributed by atoms with Gasteiger partial charge in [-0.25, -0.2) is 10.4 Å². The summed E-state index contributed by atoms with van der Waals surface area (Å²) in [6.07, 6.45) is 0. The van der Waals surface area contributed by atoms with Gasteiger partial charge in [0.25, 0.3) is 0 Å². The maximum absolute atomic E-state index is 12.5. The lowest BCUT2D eigenvalue weighted by Gasteiger charge is -2.22. The van der Waals surface area contributed by atoms with Crippen molar-refractivity contribution in [1.82, 2.24) is 21.0 Å². The molecule has 2 rings (SSSR count). The third kappa shape index (κ3) is 7.12. The van der Waals surface area contributed by atoms with Gasteiger partial charge in [-0.15, -0.1) is 0 Å². The van der Waals surface area contributed by atoms with Crippen LogP contribution in [0, 0.1) is 10.8 Å². The minimum absolute atomic E-state index is 0.0674. The molecule has 1 aromatic carbocycles. The quantitative estimate of drug-likeness (QED) is 0.239. The van der Waals surface area contributed by atoms with Crippen LogP contribution in [-0.2, 0) is 21.0 Å². The van der Waals surface area contributed by atoms with Crippen molar-refractivity contribution in [3.63, 3.8) is 0 Å². The number of amides is 1. The van der Waals surface area contributed by atoms with E-state index in [2.05, 4.69) is 26.4 Å². The van der Waals surface area contributed by atoms with Gasteiger partial charge in [-0.1, -0.05) is 41.6 Å². The molecule has 10 nitrogen and oxygen atoms in total. The Balaban J connectivity index is 2.12. The molecule has 0 radical (unpaired) electrons. The van der Waals surface area contributed by atoms with Crippen molar-refractivity contribution < 1.29 is 14.4 Å². The Morgan fingerprint density at radius 3 is 2.56 bits per heavy atom. The van der Waals surface area contributed by atoms with Crippen molar-refractivity contribution in [2.75, 3.05) is 33.1 Å². The van der Waals surface area contributed by atoms with E-state index in [4.69, 9.17) is 15.0 Å². The fourth-order valence-electron chi connectivity index (χ4n) is 2.72. The molecule has 0 bridgehead atoms. The van der Waals surface area contributed by atoms with Gasteiger partial charge in [-0.2, -0.15) is 5.53 Å². The summed E-state index contributed by atoms with van der Waals surface area (Å²) in [4.78, 5) is 22.4. The molecular weight excluding hydrogens is 410 g/mol. The topological polar surface area (TPSA) is 124 Å². The fourth-order valence-corrected chi connectivity index (χ4v) is 2.72. The lowest BCUT2D eigenvalue weighted by molar-refractivity contribution is -0.126. The number of rotatable bonds is 11. The van der Waals surface area contributed by atoms with Crippen LogP contribution in [0.25, 0.3) is 0 Å². The van der Waals surface area contributed by atoms with E-state index in [9.17, 15) is 4.79 Å². The second-order valence-electron chi connectivity index (χ2n) is 7.63. The second kappa shape index (κ2) is 11.9. The van der Waals surface area contributed by atoms with Gasteiger partial charge in [0.15, 0.2) is 18.2 Å². The fraction of sp³-hybridized carbons (Fsp3) is 0.364. The molecule has 1 amide bonds. The lowest BCUT2D eigenvalue weighted by atomic mass is 9.93. The highest BCUT2D eigenvalue weighted by Gasteiger charge is 2.27. The summed E-state index contributed by atoms with van der Waals surface area (Å²) in [5.74, 6) is 0.334. The van der Waals surface area contributed by atoms with Crippen molar-refractivity contribution >= 4 is 23.3 Å². The minimum atomic E-state index is -0.689. The summed E-state index contributed by atoms with van der Waals surface area (Å²) in [5.41, 5.74) is 6.55. The highest BCUT2D eigenvalue weighted by Crippen LogP contribution is 2.18. The molecule has 1 aromatic heterocycles. The average Bonchev–Trinajstić information content (AvgIpc) is 2.77. The first kappa shape index (κ1) is 24.9. The number of oxime groups is 1. The van der Waals surface area contributed by atoms with Crippen LogP contribution in [0.1, 0.15) is 25.1 Å². The standard InChI is InChI=1S/C22H31N7O3/c1-22(2,15-31-5)21(30)26-18-13-9-12-17(25-18)14-32-27-19(16-10-7-6-8-11-16)20(23)29(4)28-24-3/h6-13,23-24,28H,14-15H2,1-5H3,(H,25,26,30)/b23-20?,27-19-. The Kier molecular flexibility index (Phi) is 9.26. The molecule has 0 saturated carbocycles. The SMILES string of the molecule is CNNN(C)C(=N)/C(=N\OCc1cccc(NC(=O)C(C)(C)COC)n1)c1ccccc1. The number of hydrogen-bond donors (Lipinski definition) is 4.